The standard InChI is InChI=1S/C21H24N2O4/c24-19(13-10-15-6-2-1-3-7-15)22-17-12-11-16-8-4-5-9-18(16)23(21(17)27)14-20(25)26/h1-9,17,19,22,24H,10-14H2,(H,25,26)/t17-,19+/m0/s1. The van der Waals surface area contributed by atoms with Crippen LogP contribution in [0.15, 0.2) is 54.6 Å². The Balaban J connectivity index is 1.68. The van der Waals surface area contributed by atoms with Crippen molar-refractivity contribution in [3.05, 3.63) is 65.7 Å². The Bertz CT molecular complexity index is 794. The monoisotopic (exact) mass is 368 g/mol. The lowest BCUT2D eigenvalue weighted by atomic mass is 10.1. The first-order valence-corrected chi connectivity index (χ1v) is 9.13. The van der Waals surface area contributed by atoms with E-state index in [0.717, 1.165) is 11.1 Å². The minimum atomic E-state index is -1.07. The average Bonchev–Trinajstić information content (AvgIpc) is 2.79. The van der Waals surface area contributed by atoms with Crippen LogP contribution in [0.25, 0.3) is 0 Å². The number of amides is 1. The SMILES string of the molecule is O=C(O)CN1C(=O)[C@@H](N[C@H](O)CCc2ccccc2)CCc2ccccc21. The number of para-hydroxylation sites is 1. The molecule has 6 heteroatoms. The fraction of sp³-hybridized carbons (Fsp3) is 0.333. The maximum Gasteiger partial charge on any atom is 0.323 e. The molecule has 0 unspecified atom stereocenters. The van der Waals surface area contributed by atoms with Crippen LogP contribution in [-0.4, -0.2) is 40.9 Å². The second kappa shape index (κ2) is 8.79. The van der Waals surface area contributed by atoms with E-state index in [1.165, 1.54) is 4.90 Å². The summed E-state index contributed by atoms with van der Waals surface area (Å²) in [5, 5.41) is 22.6. The molecule has 2 atom stereocenters. The molecule has 2 aromatic rings. The average molecular weight is 368 g/mol. The maximum absolute atomic E-state index is 12.9. The van der Waals surface area contributed by atoms with Gasteiger partial charge in [0.2, 0.25) is 5.91 Å². The fourth-order valence-electron chi connectivity index (χ4n) is 3.43. The predicted molar refractivity (Wildman–Crippen MR) is 102 cm³/mol. The maximum atomic E-state index is 12.9. The van der Waals surface area contributed by atoms with Crippen LogP contribution in [0.3, 0.4) is 0 Å². The number of carboxylic acid groups (broad SMARTS) is 1. The summed E-state index contributed by atoms with van der Waals surface area (Å²) in [4.78, 5) is 25.5. The number of aryl methyl sites for hydroxylation is 2. The van der Waals surface area contributed by atoms with Gasteiger partial charge in [-0.3, -0.25) is 19.8 Å². The summed E-state index contributed by atoms with van der Waals surface area (Å²) in [7, 11) is 0. The second-order valence-electron chi connectivity index (χ2n) is 6.74. The van der Waals surface area contributed by atoms with Gasteiger partial charge in [0.1, 0.15) is 12.8 Å². The Morgan fingerprint density at radius 1 is 1.15 bits per heavy atom. The third-order valence-corrected chi connectivity index (χ3v) is 4.79. The zero-order valence-electron chi connectivity index (χ0n) is 15.0. The third-order valence-electron chi connectivity index (χ3n) is 4.79. The highest BCUT2D eigenvalue weighted by atomic mass is 16.4. The topological polar surface area (TPSA) is 89.9 Å². The number of nitrogens with zero attached hydrogens (tertiary/aromatic N) is 1. The number of rotatable bonds is 7. The Morgan fingerprint density at radius 3 is 2.59 bits per heavy atom. The Labute approximate surface area is 158 Å². The van der Waals surface area contributed by atoms with Crippen molar-refractivity contribution in [2.75, 3.05) is 11.4 Å². The number of carbonyl (C=O) groups is 2. The predicted octanol–water partition coefficient (Wildman–Crippen LogP) is 1.96. The molecule has 0 saturated heterocycles. The lowest BCUT2D eigenvalue weighted by Gasteiger charge is -2.26. The minimum Gasteiger partial charge on any atom is -0.480 e. The van der Waals surface area contributed by atoms with Gasteiger partial charge in [-0.25, -0.2) is 0 Å². The van der Waals surface area contributed by atoms with Crippen LogP contribution < -0.4 is 10.2 Å². The van der Waals surface area contributed by atoms with E-state index < -0.39 is 24.8 Å². The van der Waals surface area contributed by atoms with Crippen LogP contribution in [-0.2, 0) is 22.4 Å². The number of aliphatic hydroxyl groups excluding tert-OH is 1. The van der Waals surface area contributed by atoms with E-state index in [2.05, 4.69) is 5.32 Å². The lowest BCUT2D eigenvalue weighted by molar-refractivity contribution is -0.137. The van der Waals surface area contributed by atoms with E-state index in [9.17, 15) is 19.8 Å². The third kappa shape index (κ3) is 4.93. The Morgan fingerprint density at radius 2 is 1.85 bits per heavy atom. The largest absolute Gasteiger partial charge is 0.480 e. The number of hydrogen-bond donors (Lipinski definition) is 3. The quantitative estimate of drug-likeness (QED) is 0.650. The number of fused-ring (bicyclic) bond motifs is 1. The van der Waals surface area contributed by atoms with Gasteiger partial charge < -0.3 is 10.2 Å². The molecule has 142 valence electrons. The van der Waals surface area contributed by atoms with Crippen molar-refractivity contribution >= 4 is 17.6 Å². The minimum absolute atomic E-state index is 0.318. The molecule has 3 rings (SSSR count). The van der Waals surface area contributed by atoms with Gasteiger partial charge in [-0.15, -0.1) is 0 Å². The number of aliphatic carboxylic acids is 1. The van der Waals surface area contributed by atoms with Crippen molar-refractivity contribution in [1.82, 2.24) is 5.32 Å². The number of carboxylic acids is 1. The number of anilines is 1. The number of nitrogens with one attached hydrogen (secondary N) is 1. The van der Waals surface area contributed by atoms with Crippen molar-refractivity contribution < 1.29 is 19.8 Å². The summed E-state index contributed by atoms with van der Waals surface area (Å²) >= 11 is 0. The highest BCUT2D eigenvalue weighted by Gasteiger charge is 2.32. The number of aliphatic hydroxyl groups is 1. The van der Waals surface area contributed by atoms with Crippen LogP contribution in [0.1, 0.15) is 24.0 Å². The highest BCUT2D eigenvalue weighted by Crippen LogP contribution is 2.27. The zero-order valence-corrected chi connectivity index (χ0v) is 15.0. The summed E-state index contributed by atoms with van der Waals surface area (Å²) in [6.07, 6.45) is 1.47. The summed E-state index contributed by atoms with van der Waals surface area (Å²) < 4.78 is 0. The molecule has 27 heavy (non-hydrogen) atoms. The molecule has 0 saturated carbocycles. The highest BCUT2D eigenvalue weighted by molar-refractivity contribution is 6.01. The molecule has 0 radical (unpaired) electrons. The molecule has 3 N–H and O–H groups in total. The van der Waals surface area contributed by atoms with E-state index in [4.69, 9.17) is 0 Å². The molecule has 0 bridgehead atoms. The van der Waals surface area contributed by atoms with Crippen LogP contribution in [0.2, 0.25) is 0 Å². The van der Waals surface area contributed by atoms with Gasteiger partial charge in [0, 0.05) is 5.69 Å². The van der Waals surface area contributed by atoms with Crippen LogP contribution in [0, 0.1) is 0 Å². The van der Waals surface area contributed by atoms with Crippen LogP contribution in [0.4, 0.5) is 5.69 Å². The number of hydrogen-bond acceptors (Lipinski definition) is 4. The molecular formula is C21H24N2O4. The van der Waals surface area contributed by atoms with Gasteiger partial charge in [-0.1, -0.05) is 48.5 Å². The van der Waals surface area contributed by atoms with Crippen molar-refractivity contribution in [2.45, 2.75) is 38.0 Å². The fourth-order valence-corrected chi connectivity index (χ4v) is 3.43. The van der Waals surface area contributed by atoms with Crippen molar-refractivity contribution in [3.8, 4) is 0 Å². The lowest BCUT2D eigenvalue weighted by Crippen LogP contribution is -2.50. The first-order chi connectivity index (χ1) is 13.0. The van der Waals surface area contributed by atoms with E-state index in [1.807, 2.05) is 42.5 Å². The smallest absolute Gasteiger partial charge is 0.323 e. The van der Waals surface area contributed by atoms with Crippen molar-refractivity contribution in [2.24, 2.45) is 0 Å². The molecule has 0 spiro atoms. The molecule has 1 aliphatic heterocycles. The van der Waals surface area contributed by atoms with Crippen LogP contribution in [0.5, 0.6) is 0 Å². The summed E-state index contributed by atoms with van der Waals surface area (Å²) in [6.45, 7) is -0.395. The Hall–Kier alpha value is -2.70. The molecule has 2 aromatic carbocycles. The van der Waals surface area contributed by atoms with Gasteiger partial charge in [0.25, 0.3) is 0 Å². The van der Waals surface area contributed by atoms with Gasteiger partial charge in [-0.05, 0) is 42.9 Å². The number of benzene rings is 2. The molecule has 0 aromatic heterocycles. The first-order valence-electron chi connectivity index (χ1n) is 9.13. The Kier molecular flexibility index (Phi) is 6.21. The summed E-state index contributed by atoms with van der Waals surface area (Å²) in [5.74, 6) is -1.38. The molecule has 0 aliphatic carbocycles. The first kappa shape index (κ1) is 19.1. The van der Waals surface area contributed by atoms with E-state index in [0.29, 0.717) is 31.4 Å². The van der Waals surface area contributed by atoms with Crippen molar-refractivity contribution in [3.63, 3.8) is 0 Å². The second-order valence-corrected chi connectivity index (χ2v) is 6.74. The van der Waals surface area contributed by atoms with Gasteiger partial charge in [0.05, 0.1) is 6.04 Å². The van der Waals surface area contributed by atoms with Gasteiger partial charge in [0.15, 0.2) is 0 Å². The van der Waals surface area contributed by atoms with E-state index in [-0.39, 0.29) is 5.91 Å². The van der Waals surface area contributed by atoms with Crippen LogP contribution >= 0.6 is 0 Å². The zero-order chi connectivity index (χ0) is 19.2. The summed E-state index contributed by atoms with van der Waals surface area (Å²) in [6, 6.07) is 16.6. The van der Waals surface area contributed by atoms with Gasteiger partial charge >= 0.3 is 5.97 Å². The van der Waals surface area contributed by atoms with E-state index >= 15 is 0 Å². The summed E-state index contributed by atoms with van der Waals surface area (Å²) in [5.41, 5.74) is 2.69. The van der Waals surface area contributed by atoms with Crippen molar-refractivity contribution in [1.29, 1.82) is 0 Å². The molecular weight excluding hydrogens is 344 g/mol. The van der Waals surface area contributed by atoms with Gasteiger partial charge in [-0.2, -0.15) is 0 Å². The normalized spacial score (nSPS) is 17.9. The molecule has 0 fully saturated rings. The molecule has 1 aliphatic rings. The molecule has 1 heterocycles. The van der Waals surface area contributed by atoms with E-state index in [1.54, 1.807) is 12.1 Å². The molecule has 6 nitrogen and oxygen atoms in total. The number of carbonyl (C=O) groups excluding carboxylic acids is 1. The molecule has 1 amide bonds.